The van der Waals surface area contributed by atoms with Gasteiger partial charge in [-0.2, -0.15) is 0 Å². The van der Waals surface area contributed by atoms with Crippen molar-refractivity contribution in [1.29, 1.82) is 0 Å². The second-order valence-corrected chi connectivity index (χ2v) is 4.23. The average Bonchev–Trinajstić information content (AvgIpc) is 2.15. The Hall–Kier alpha value is 1.69. The zero-order valence-electron chi connectivity index (χ0n) is 10.3. The Balaban J connectivity index is 0. The van der Waals surface area contributed by atoms with Gasteiger partial charge in [0, 0.05) is 140 Å². The molecule has 0 spiro atoms. The van der Waals surface area contributed by atoms with Crippen LogP contribution in [0.25, 0.3) is 0 Å². The standard InChI is InChI=1S/B17.V/c1-11(2)15(9)17(14(7)8)10-16(12(3)4)13(5)6;. The molecule has 0 aromatic carbocycles. The van der Waals surface area contributed by atoms with Gasteiger partial charge in [0.15, 0.2) is 0 Å². The van der Waals surface area contributed by atoms with Crippen molar-refractivity contribution >= 4 is 121 Å². The monoisotopic (exact) mass is 238 g/mol. The van der Waals surface area contributed by atoms with Crippen LogP contribution in [0, 0.1) is 0 Å². The third-order valence-corrected chi connectivity index (χ3v) is 2.67. The summed E-state index contributed by atoms with van der Waals surface area (Å²) < 4.78 is 0. The average molecular weight is 235 g/mol. The van der Waals surface area contributed by atoms with Crippen LogP contribution in [0.5, 0.6) is 0 Å². The summed E-state index contributed by atoms with van der Waals surface area (Å²) in [5, 5.41) is 0. The van der Waals surface area contributed by atoms with E-state index in [0.29, 0.717) is 0 Å². The summed E-state index contributed by atoms with van der Waals surface area (Å²) in [6, 6.07) is 0. The van der Waals surface area contributed by atoms with Crippen molar-refractivity contribution in [3.05, 3.63) is 0 Å². The van der Waals surface area contributed by atoms with Crippen LogP contribution in [0.4, 0.5) is 0 Å². The minimum absolute atomic E-state index is 0. The molecule has 0 heterocycles. The second kappa shape index (κ2) is 10.4. The van der Waals surface area contributed by atoms with Gasteiger partial charge >= 0.3 is 0 Å². The van der Waals surface area contributed by atoms with E-state index in [9.17, 15) is 0 Å². The third kappa shape index (κ3) is 7.47. The van der Waals surface area contributed by atoms with Crippen LogP contribution >= 0.6 is 0 Å². The van der Waals surface area contributed by atoms with Crippen molar-refractivity contribution in [3.63, 3.8) is 0 Å². The molecular formula is B17V. The molecule has 0 atom stereocenters. The molecule has 18 heteroatoms. The molecule has 0 saturated carbocycles. The summed E-state index contributed by atoms with van der Waals surface area (Å²) in [5.41, 5.74) is 0. The molecule has 20 radical (unpaired) electrons. The molecule has 0 bridgehead atoms. The minimum atomic E-state index is -0.769. The Morgan fingerprint density at radius 1 is 0.500 bits per heavy atom. The number of hydrogen-bond acceptors (Lipinski definition) is 0. The molecule has 0 aromatic rings. The van der Waals surface area contributed by atoms with Crippen molar-refractivity contribution < 1.29 is 18.6 Å². The molecule has 0 amide bonds. The van der Waals surface area contributed by atoms with E-state index in [0.717, 1.165) is 0 Å². The van der Waals surface area contributed by atoms with Crippen molar-refractivity contribution in [3.8, 4) is 0 Å². The molecule has 0 nitrogen and oxygen atoms in total. The summed E-state index contributed by atoms with van der Waals surface area (Å²) >= 11 is 0. The second-order valence-electron chi connectivity index (χ2n) is 4.23. The van der Waals surface area contributed by atoms with Crippen LogP contribution in [0.15, 0.2) is 0 Å². The van der Waals surface area contributed by atoms with E-state index < -0.39 is 44.7 Å². The molecule has 0 unspecified atom stereocenters. The van der Waals surface area contributed by atoms with Crippen LogP contribution in [0.2, 0.25) is 0 Å². The molecule has 0 rings (SSSR count). The molecule has 0 aliphatic carbocycles. The van der Waals surface area contributed by atoms with Crippen LogP contribution in [0.1, 0.15) is 0 Å². The number of rotatable bonds is 7. The van der Waals surface area contributed by atoms with Crippen LogP contribution < -0.4 is 0 Å². The van der Waals surface area contributed by atoms with Crippen molar-refractivity contribution in [2.45, 2.75) is 0 Å². The van der Waals surface area contributed by atoms with Gasteiger partial charge in [-0.05, 0) is 0 Å². The van der Waals surface area contributed by atoms with Crippen molar-refractivity contribution in [2.75, 3.05) is 0 Å². The van der Waals surface area contributed by atoms with Gasteiger partial charge in [0.2, 0.25) is 0 Å². The molecule has 0 aliphatic rings. The van der Waals surface area contributed by atoms with E-state index in [2.05, 4.69) is 0 Å². The molecule has 0 fully saturated rings. The SMILES string of the molecule is [B]B([B])B([B])B([B]B(B([B])[B])B([B])[B])B([B])[B].[V]. The largest absolute Gasteiger partial charge is 0 e. The Morgan fingerprint density at radius 2 is 0.833 bits per heavy atom. The minimum Gasteiger partial charge on any atom is 0 e. The van der Waals surface area contributed by atoms with E-state index in [-0.39, 0.29) is 18.6 Å². The summed E-state index contributed by atoms with van der Waals surface area (Å²) in [7, 11) is 51.9. The summed E-state index contributed by atoms with van der Waals surface area (Å²) in [5.74, 6) is 0. The van der Waals surface area contributed by atoms with Gasteiger partial charge in [0.1, 0.15) is 0 Å². The Kier molecular flexibility index (Phi) is 12.7. The maximum atomic E-state index is 5.81. The first-order valence-corrected chi connectivity index (χ1v) is 5.33. The third-order valence-electron chi connectivity index (χ3n) is 2.67. The Labute approximate surface area is 139 Å². The van der Waals surface area contributed by atoms with Gasteiger partial charge in [-0.1, -0.05) is 0 Å². The fourth-order valence-electron chi connectivity index (χ4n) is 1.54. The zero-order chi connectivity index (χ0) is 13.7. The van der Waals surface area contributed by atoms with E-state index in [4.69, 9.17) is 69.6 Å². The molecule has 0 aliphatic heterocycles. The Morgan fingerprint density at radius 3 is 1.06 bits per heavy atom. The predicted octanol–water partition coefficient (Wildman–Crippen LogP) is -6.48. The molecule has 0 saturated heterocycles. The first-order valence-electron chi connectivity index (χ1n) is 5.33. The summed E-state index contributed by atoms with van der Waals surface area (Å²) in [6.45, 7) is 0. The first kappa shape index (κ1) is 22.0. The fraction of sp³-hybridized carbons (Fsp3) is 0. The number of hydrogen-bond donors (Lipinski definition) is 0. The zero-order valence-corrected chi connectivity index (χ0v) is 11.7. The van der Waals surface area contributed by atoms with Gasteiger partial charge in [-0.25, -0.2) is 0 Å². The van der Waals surface area contributed by atoms with E-state index in [1.165, 1.54) is 0 Å². The van der Waals surface area contributed by atoms with Gasteiger partial charge < -0.3 is 0 Å². The van der Waals surface area contributed by atoms with Crippen LogP contribution in [0.3, 0.4) is 0 Å². The molecule has 0 aromatic heterocycles. The fourth-order valence-corrected chi connectivity index (χ4v) is 1.54. The quantitative estimate of drug-likeness (QED) is 0.385. The van der Waals surface area contributed by atoms with Crippen LogP contribution in [-0.4, -0.2) is 121 Å². The van der Waals surface area contributed by atoms with Crippen molar-refractivity contribution in [1.82, 2.24) is 0 Å². The first-order chi connectivity index (χ1) is 7.68. The summed E-state index contributed by atoms with van der Waals surface area (Å²) in [4.78, 5) is 0. The van der Waals surface area contributed by atoms with Gasteiger partial charge in [-0.15, -0.1) is 0 Å². The molecular weight excluding hydrogens is 235 g/mol. The summed E-state index contributed by atoms with van der Waals surface area (Å²) in [6.07, 6.45) is -4.59. The topological polar surface area (TPSA) is 0 Å². The normalized spacial score (nSPS) is 8.44. The van der Waals surface area contributed by atoms with Gasteiger partial charge in [0.25, 0.3) is 0 Å². The van der Waals surface area contributed by atoms with Gasteiger partial charge in [-0.3, -0.25) is 0 Å². The maximum Gasteiger partial charge on any atom is 0 e. The smallest absolute Gasteiger partial charge is 0 e. The van der Waals surface area contributed by atoms with Crippen LogP contribution in [-0.2, 0) is 18.6 Å². The molecule has 18 heavy (non-hydrogen) atoms. The van der Waals surface area contributed by atoms with Gasteiger partial charge in [0.05, 0.1) is 0 Å². The predicted molar refractivity (Wildman–Crippen MR) is 97.8 cm³/mol. The van der Waals surface area contributed by atoms with E-state index in [1.807, 2.05) is 0 Å². The van der Waals surface area contributed by atoms with E-state index in [1.54, 1.807) is 7.06 Å². The maximum absolute atomic E-state index is 5.81. The Bertz CT molecular complexity index is 186. The molecule has 0 N–H and O–H groups in total. The molecule has 56 valence electrons. The van der Waals surface area contributed by atoms with Crippen molar-refractivity contribution in [2.24, 2.45) is 0 Å². The van der Waals surface area contributed by atoms with E-state index >= 15 is 0 Å².